The smallest absolute Gasteiger partial charge is 0.214 e. The van der Waals surface area contributed by atoms with Gasteiger partial charge in [0, 0.05) is 6.54 Å². The van der Waals surface area contributed by atoms with E-state index in [4.69, 9.17) is 5.26 Å². The molecule has 0 aliphatic carbocycles. The van der Waals surface area contributed by atoms with Crippen molar-refractivity contribution in [2.45, 2.75) is 6.42 Å². The van der Waals surface area contributed by atoms with Gasteiger partial charge in [-0.3, -0.25) is 0 Å². The first kappa shape index (κ1) is 12.6. The van der Waals surface area contributed by atoms with Crippen molar-refractivity contribution in [1.82, 2.24) is 4.72 Å². The molecule has 0 aromatic heterocycles. The first-order valence-electron chi connectivity index (χ1n) is 4.62. The minimum Gasteiger partial charge on any atom is -0.214 e. The van der Waals surface area contributed by atoms with Gasteiger partial charge < -0.3 is 0 Å². The summed E-state index contributed by atoms with van der Waals surface area (Å²) >= 11 is 0. The summed E-state index contributed by atoms with van der Waals surface area (Å²) < 4.78 is 37.0. The predicted molar refractivity (Wildman–Crippen MR) is 57.5 cm³/mol. The zero-order chi connectivity index (χ0) is 12.0. The Balaban J connectivity index is 2.42. The molecule has 1 rings (SSSR count). The van der Waals surface area contributed by atoms with Gasteiger partial charge in [-0.25, -0.2) is 17.5 Å². The summed E-state index contributed by atoms with van der Waals surface area (Å²) in [7, 11) is -3.50. The highest BCUT2D eigenvalue weighted by Crippen LogP contribution is 2.02. The van der Waals surface area contributed by atoms with Crippen molar-refractivity contribution in [3.63, 3.8) is 0 Å². The second-order valence-electron chi connectivity index (χ2n) is 3.19. The van der Waals surface area contributed by atoms with Gasteiger partial charge in [0.15, 0.2) is 5.75 Å². The molecule has 0 amide bonds. The third-order valence-corrected chi connectivity index (χ3v) is 3.06. The average Bonchev–Trinajstić information content (AvgIpc) is 2.20. The molecule has 1 N–H and O–H groups in total. The Morgan fingerprint density at radius 3 is 2.50 bits per heavy atom. The number of benzene rings is 1. The molecule has 4 nitrogen and oxygen atoms in total. The fourth-order valence-electron chi connectivity index (χ4n) is 1.14. The van der Waals surface area contributed by atoms with Crippen LogP contribution in [0.15, 0.2) is 24.3 Å². The molecule has 0 aliphatic rings. The third-order valence-electron chi connectivity index (χ3n) is 1.90. The summed E-state index contributed by atoms with van der Waals surface area (Å²) in [6.07, 6.45) is 0.463. The van der Waals surface area contributed by atoms with Crippen molar-refractivity contribution in [2.75, 3.05) is 12.3 Å². The topological polar surface area (TPSA) is 70.0 Å². The normalized spacial score (nSPS) is 11.0. The number of hydrogen-bond donors (Lipinski definition) is 1. The molecule has 0 aliphatic heterocycles. The first-order valence-corrected chi connectivity index (χ1v) is 6.27. The van der Waals surface area contributed by atoms with E-state index in [1.54, 1.807) is 18.2 Å². The Morgan fingerprint density at radius 2 is 1.94 bits per heavy atom. The van der Waals surface area contributed by atoms with Crippen molar-refractivity contribution >= 4 is 10.0 Å². The average molecular weight is 242 g/mol. The largest absolute Gasteiger partial charge is 0.225 e. The molecule has 0 atom stereocenters. The zero-order valence-electron chi connectivity index (χ0n) is 8.48. The number of nitrogens with one attached hydrogen (secondary N) is 1. The number of rotatable bonds is 5. The lowest BCUT2D eigenvalue weighted by Crippen LogP contribution is -2.27. The minimum absolute atomic E-state index is 0.204. The highest BCUT2D eigenvalue weighted by molar-refractivity contribution is 7.89. The van der Waals surface area contributed by atoms with Crippen molar-refractivity contribution < 1.29 is 12.8 Å². The van der Waals surface area contributed by atoms with E-state index >= 15 is 0 Å². The molecule has 1 aromatic carbocycles. The van der Waals surface area contributed by atoms with Gasteiger partial charge in [-0.1, -0.05) is 12.1 Å². The summed E-state index contributed by atoms with van der Waals surface area (Å²) in [6.45, 7) is 0.204. The Kier molecular flexibility index (Phi) is 4.40. The molecule has 1 aromatic rings. The van der Waals surface area contributed by atoms with E-state index in [1.807, 2.05) is 0 Å². The van der Waals surface area contributed by atoms with Crippen LogP contribution >= 0.6 is 0 Å². The molecule has 0 heterocycles. The Bertz CT molecular complexity index is 477. The first-order chi connectivity index (χ1) is 7.53. The molecule has 0 saturated heterocycles. The third kappa shape index (κ3) is 4.38. The maximum atomic E-state index is 12.6. The summed E-state index contributed by atoms with van der Waals surface area (Å²) in [4.78, 5) is 0. The quantitative estimate of drug-likeness (QED) is 0.830. The molecule has 0 bridgehead atoms. The number of hydrogen-bond acceptors (Lipinski definition) is 3. The molecule has 0 spiro atoms. The Labute approximate surface area is 93.8 Å². The van der Waals surface area contributed by atoms with E-state index in [-0.39, 0.29) is 12.4 Å². The molecule has 0 saturated carbocycles. The van der Waals surface area contributed by atoms with Gasteiger partial charge in [-0.2, -0.15) is 5.26 Å². The van der Waals surface area contributed by atoms with Gasteiger partial charge in [-0.05, 0) is 24.1 Å². The summed E-state index contributed by atoms with van der Waals surface area (Å²) in [5.41, 5.74) is 0.834. The second-order valence-corrected chi connectivity index (χ2v) is 4.99. The van der Waals surface area contributed by atoms with Crippen LogP contribution in [0.5, 0.6) is 0 Å². The number of sulfonamides is 1. The molecule has 0 unspecified atom stereocenters. The molecular formula is C10H11FN2O2S. The molecule has 16 heavy (non-hydrogen) atoms. The van der Waals surface area contributed by atoms with Crippen LogP contribution in [0, 0.1) is 17.1 Å². The highest BCUT2D eigenvalue weighted by Gasteiger charge is 2.07. The van der Waals surface area contributed by atoms with Crippen molar-refractivity contribution in [1.29, 1.82) is 5.26 Å². The summed E-state index contributed by atoms with van der Waals surface area (Å²) in [6, 6.07) is 7.38. The SMILES string of the molecule is N#CCS(=O)(=O)NCCc1ccc(F)cc1. The van der Waals surface area contributed by atoms with Gasteiger partial charge in [0.05, 0.1) is 6.07 Å². The summed E-state index contributed by atoms with van der Waals surface area (Å²) in [5.74, 6) is -0.870. The molecule has 86 valence electrons. The van der Waals surface area contributed by atoms with Gasteiger partial charge in [0.25, 0.3) is 0 Å². The maximum absolute atomic E-state index is 12.6. The monoisotopic (exact) mass is 242 g/mol. The number of halogens is 1. The molecule has 0 radical (unpaired) electrons. The van der Waals surface area contributed by atoms with Crippen LogP contribution in [0.3, 0.4) is 0 Å². The molecule has 6 heteroatoms. The predicted octanol–water partition coefficient (Wildman–Crippen LogP) is 0.811. The van der Waals surface area contributed by atoms with Gasteiger partial charge in [0.2, 0.25) is 10.0 Å². The molecule has 0 fully saturated rings. The van der Waals surface area contributed by atoms with E-state index in [0.717, 1.165) is 5.56 Å². The molecular weight excluding hydrogens is 231 g/mol. The van der Waals surface area contributed by atoms with Crippen LogP contribution in [-0.2, 0) is 16.4 Å². The van der Waals surface area contributed by atoms with Gasteiger partial charge in [-0.15, -0.1) is 0 Å². The van der Waals surface area contributed by atoms with Crippen molar-refractivity contribution in [3.8, 4) is 6.07 Å². The van der Waals surface area contributed by atoms with Crippen LogP contribution in [0.2, 0.25) is 0 Å². The van der Waals surface area contributed by atoms with E-state index in [2.05, 4.69) is 4.72 Å². The van der Waals surface area contributed by atoms with Gasteiger partial charge in [0.1, 0.15) is 5.82 Å². The number of nitrogens with zero attached hydrogens (tertiary/aromatic N) is 1. The maximum Gasteiger partial charge on any atom is 0.225 e. The van der Waals surface area contributed by atoms with Crippen molar-refractivity contribution in [2.24, 2.45) is 0 Å². The Hall–Kier alpha value is -1.45. The van der Waals surface area contributed by atoms with E-state index in [9.17, 15) is 12.8 Å². The van der Waals surface area contributed by atoms with Crippen LogP contribution in [-0.4, -0.2) is 20.7 Å². The van der Waals surface area contributed by atoms with Gasteiger partial charge >= 0.3 is 0 Å². The Morgan fingerprint density at radius 1 is 1.31 bits per heavy atom. The van der Waals surface area contributed by atoms with Crippen molar-refractivity contribution in [3.05, 3.63) is 35.6 Å². The lowest BCUT2D eigenvalue weighted by atomic mass is 10.1. The van der Waals surface area contributed by atoms with E-state index in [0.29, 0.717) is 6.42 Å². The van der Waals surface area contributed by atoms with Crippen LogP contribution in [0.1, 0.15) is 5.56 Å². The minimum atomic E-state index is -3.50. The zero-order valence-corrected chi connectivity index (χ0v) is 9.30. The van der Waals surface area contributed by atoms with E-state index in [1.165, 1.54) is 12.1 Å². The fraction of sp³-hybridized carbons (Fsp3) is 0.300. The second kappa shape index (κ2) is 5.58. The van der Waals surface area contributed by atoms with Crippen LogP contribution in [0.25, 0.3) is 0 Å². The fourth-order valence-corrected chi connectivity index (χ4v) is 1.82. The lowest BCUT2D eigenvalue weighted by Gasteiger charge is -2.03. The standard InChI is InChI=1S/C10H11FN2O2S/c11-10-3-1-9(2-4-10)5-7-13-16(14,15)8-6-12/h1-4,13H,5,7-8H2. The van der Waals surface area contributed by atoms with Crippen LogP contribution in [0.4, 0.5) is 4.39 Å². The van der Waals surface area contributed by atoms with Crippen LogP contribution < -0.4 is 4.72 Å². The summed E-state index contributed by atoms with van der Waals surface area (Å²) in [5, 5.41) is 8.24. The highest BCUT2D eigenvalue weighted by atomic mass is 32.2. The van der Waals surface area contributed by atoms with E-state index < -0.39 is 15.8 Å². The number of nitriles is 1. The lowest BCUT2D eigenvalue weighted by molar-refractivity contribution is 0.585.